The van der Waals surface area contributed by atoms with Gasteiger partial charge in [0.05, 0.1) is 26.2 Å². The second-order valence-corrected chi connectivity index (χ2v) is 10.5. The molecule has 1 aliphatic heterocycles. The van der Waals surface area contributed by atoms with Crippen LogP contribution in [0.3, 0.4) is 0 Å². The molecular formula is C34H28O5. The highest BCUT2D eigenvalue weighted by Gasteiger charge is 2.59. The molecule has 5 heteroatoms. The summed E-state index contributed by atoms with van der Waals surface area (Å²) in [4.78, 5) is 11.9. The maximum atomic E-state index is 11.9. The Morgan fingerprint density at radius 2 is 1.46 bits per heavy atom. The molecule has 0 amide bonds. The summed E-state index contributed by atoms with van der Waals surface area (Å²) in [7, 11) is 3.37. The number of allylic oxidation sites excluding steroid dienone is 1. The van der Waals surface area contributed by atoms with Crippen molar-refractivity contribution in [2.24, 2.45) is 0 Å². The van der Waals surface area contributed by atoms with Crippen molar-refractivity contribution in [1.82, 2.24) is 0 Å². The third-order valence-electron chi connectivity index (χ3n) is 8.71. The lowest BCUT2D eigenvalue weighted by atomic mass is 9.51. The third kappa shape index (κ3) is 3.39. The van der Waals surface area contributed by atoms with Crippen LogP contribution >= 0.6 is 0 Å². The van der Waals surface area contributed by atoms with Crippen LogP contribution in [-0.4, -0.2) is 26.4 Å². The number of hydrogen-bond donors (Lipinski definition) is 0. The lowest BCUT2D eigenvalue weighted by molar-refractivity contribution is -0.0538. The van der Waals surface area contributed by atoms with Gasteiger partial charge in [-0.2, -0.15) is 0 Å². The van der Waals surface area contributed by atoms with Gasteiger partial charge in [0.2, 0.25) is 0 Å². The maximum Gasteiger partial charge on any atom is 0.336 e. The molecule has 5 nitrogen and oxygen atoms in total. The van der Waals surface area contributed by atoms with Gasteiger partial charge in [0.15, 0.2) is 0 Å². The Labute approximate surface area is 226 Å². The second-order valence-electron chi connectivity index (χ2n) is 10.5. The van der Waals surface area contributed by atoms with Crippen molar-refractivity contribution in [3.8, 4) is 11.5 Å². The number of fused-ring (bicyclic) bond motifs is 2. The first-order valence-corrected chi connectivity index (χ1v) is 13.1. The van der Waals surface area contributed by atoms with Gasteiger partial charge in [0, 0.05) is 16.9 Å². The average molecular weight is 517 g/mol. The monoisotopic (exact) mass is 516 g/mol. The molecule has 194 valence electrons. The molecule has 7 rings (SSSR count). The van der Waals surface area contributed by atoms with Crippen LogP contribution in [0.25, 0.3) is 16.8 Å². The summed E-state index contributed by atoms with van der Waals surface area (Å²) in [6.45, 7) is 0.527. The van der Waals surface area contributed by atoms with Crippen LogP contribution in [0.5, 0.6) is 11.5 Å². The van der Waals surface area contributed by atoms with Crippen LogP contribution < -0.4 is 15.1 Å². The molecule has 0 saturated carbocycles. The van der Waals surface area contributed by atoms with E-state index < -0.39 is 16.4 Å². The molecule has 4 aromatic rings. The van der Waals surface area contributed by atoms with Gasteiger partial charge >= 0.3 is 5.63 Å². The van der Waals surface area contributed by atoms with Crippen molar-refractivity contribution in [2.45, 2.75) is 22.9 Å². The SMILES string of the molecule is COc1ccc(C2(c3ccc(OC)cc3)C=CC34C=CCOC3(C=Cc3cc5cc(=O)occ5cc34)C2)cc1. The van der Waals surface area contributed by atoms with Gasteiger partial charge < -0.3 is 18.6 Å². The normalized spacial score (nSPS) is 24.1. The molecule has 2 heterocycles. The van der Waals surface area contributed by atoms with Crippen LogP contribution in [-0.2, 0) is 15.6 Å². The van der Waals surface area contributed by atoms with E-state index in [1.165, 1.54) is 0 Å². The summed E-state index contributed by atoms with van der Waals surface area (Å²) in [6.07, 6.45) is 15.7. The lowest BCUT2D eigenvalue weighted by Crippen LogP contribution is -2.59. The maximum absolute atomic E-state index is 11.9. The number of methoxy groups -OCH3 is 2. The number of hydrogen-bond acceptors (Lipinski definition) is 5. The number of ether oxygens (including phenoxy) is 3. The van der Waals surface area contributed by atoms with E-state index in [2.05, 4.69) is 72.9 Å². The molecular weight excluding hydrogens is 488 g/mol. The zero-order valence-electron chi connectivity index (χ0n) is 21.8. The van der Waals surface area contributed by atoms with Crippen LogP contribution in [0.2, 0.25) is 0 Å². The van der Waals surface area contributed by atoms with E-state index >= 15 is 0 Å². The lowest BCUT2D eigenvalue weighted by Gasteiger charge is -2.57. The Bertz CT molecular complexity index is 1680. The molecule has 0 bridgehead atoms. The molecule has 2 aliphatic carbocycles. The predicted molar refractivity (Wildman–Crippen MR) is 152 cm³/mol. The standard InChI is InChI=1S/C34H28O5/c1-36-28-8-4-26(5-9-28)32(27-6-10-29(37-2)11-7-27)15-16-33-13-3-17-39-34(33,22-32)14-12-23-18-24-20-31(35)38-21-25(24)19-30(23)33/h3-16,18-21H,17,22H2,1-2H3. The fourth-order valence-corrected chi connectivity index (χ4v) is 6.71. The Balaban J connectivity index is 1.48. The molecule has 0 fully saturated rings. The molecule has 0 spiro atoms. The predicted octanol–water partition coefficient (Wildman–Crippen LogP) is 6.35. The highest BCUT2D eigenvalue weighted by atomic mass is 16.5. The van der Waals surface area contributed by atoms with Crippen LogP contribution in [0, 0.1) is 0 Å². The number of benzene rings is 3. The first-order chi connectivity index (χ1) is 19.0. The van der Waals surface area contributed by atoms with Gasteiger partial charge in [-0.1, -0.05) is 60.7 Å². The third-order valence-corrected chi connectivity index (χ3v) is 8.71. The van der Waals surface area contributed by atoms with E-state index in [9.17, 15) is 4.79 Å². The topological polar surface area (TPSA) is 57.9 Å². The molecule has 0 N–H and O–H groups in total. The van der Waals surface area contributed by atoms with Crippen molar-refractivity contribution in [3.05, 3.63) is 136 Å². The summed E-state index contributed by atoms with van der Waals surface area (Å²) < 4.78 is 23.0. The van der Waals surface area contributed by atoms with Crippen LogP contribution in [0.15, 0.2) is 113 Å². The van der Waals surface area contributed by atoms with Gasteiger partial charge in [-0.3, -0.25) is 0 Å². The fourth-order valence-electron chi connectivity index (χ4n) is 6.71. The van der Waals surface area contributed by atoms with E-state index in [1.54, 1.807) is 26.5 Å². The summed E-state index contributed by atoms with van der Waals surface area (Å²) >= 11 is 0. The minimum absolute atomic E-state index is 0.350. The van der Waals surface area contributed by atoms with Crippen LogP contribution in [0.1, 0.15) is 28.7 Å². The first kappa shape index (κ1) is 23.7. The summed E-state index contributed by atoms with van der Waals surface area (Å²) in [5.74, 6) is 1.63. The molecule has 2 atom stereocenters. The molecule has 39 heavy (non-hydrogen) atoms. The van der Waals surface area contributed by atoms with E-state index in [0.717, 1.165) is 44.5 Å². The Hall–Kier alpha value is -4.35. The largest absolute Gasteiger partial charge is 0.497 e. The molecule has 3 aromatic carbocycles. The highest BCUT2D eigenvalue weighted by molar-refractivity contribution is 5.87. The Morgan fingerprint density at radius 3 is 2.13 bits per heavy atom. The summed E-state index contributed by atoms with van der Waals surface area (Å²) in [6, 6.07) is 22.4. The van der Waals surface area contributed by atoms with Gasteiger partial charge in [0.25, 0.3) is 0 Å². The van der Waals surface area contributed by atoms with Crippen molar-refractivity contribution >= 4 is 16.8 Å². The van der Waals surface area contributed by atoms with E-state index in [1.807, 2.05) is 24.3 Å². The van der Waals surface area contributed by atoms with E-state index in [4.69, 9.17) is 18.6 Å². The van der Waals surface area contributed by atoms with Crippen molar-refractivity contribution in [3.63, 3.8) is 0 Å². The van der Waals surface area contributed by atoms with E-state index in [-0.39, 0.29) is 5.63 Å². The summed E-state index contributed by atoms with van der Waals surface area (Å²) in [5, 5.41) is 1.76. The minimum atomic E-state index is -0.632. The van der Waals surface area contributed by atoms with Gasteiger partial charge in [-0.15, -0.1) is 0 Å². The average Bonchev–Trinajstić information content (AvgIpc) is 2.99. The Morgan fingerprint density at radius 1 is 0.769 bits per heavy atom. The van der Waals surface area contributed by atoms with Crippen molar-refractivity contribution < 1.29 is 18.6 Å². The highest BCUT2D eigenvalue weighted by Crippen LogP contribution is 2.59. The zero-order valence-corrected chi connectivity index (χ0v) is 21.8. The van der Waals surface area contributed by atoms with Gasteiger partial charge in [-0.05, 0) is 70.5 Å². The van der Waals surface area contributed by atoms with Crippen LogP contribution in [0.4, 0.5) is 0 Å². The van der Waals surface area contributed by atoms with Gasteiger partial charge in [-0.25, -0.2) is 4.79 Å². The molecule has 2 unspecified atom stereocenters. The molecule has 0 saturated heterocycles. The minimum Gasteiger partial charge on any atom is -0.497 e. The van der Waals surface area contributed by atoms with Crippen molar-refractivity contribution in [1.29, 1.82) is 0 Å². The molecule has 3 aliphatic rings. The Kier molecular flexibility index (Phi) is 5.23. The molecule has 0 radical (unpaired) electrons. The summed E-state index contributed by atoms with van der Waals surface area (Å²) in [5.41, 5.74) is 2.57. The van der Waals surface area contributed by atoms with Crippen molar-refractivity contribution in [2.75, 3.05) is 20.8 Å². The quantitative estimate of drug-likeness (QED) is 0.296. The van der Waals surface area contributed by atoms with E-state index in [0.29, 0.717) is 13.0 Å². The first-order valence-electron chi connectivity index (χ1n) is 13.1. The molecule has 1 aromatic heterocycles. The zero-order chi connectivity index (χ0) is 26.7. The second kappa shape index (κ2) is 8.58. The smallest absolute Gasteiger partial charge is 0.336 e. The number of rotatable bonds is 4. The fraction of sp³-hybridized carbons (Fsp3) is 0.206. The van der Waals surface area contributed by atoms with Gasteiger partial charge in [0.1, 0.15) is 23.4 Å².